The maximum atomic E-state index is 5.54. The first-order valence-electron chi connectivity index (χ1n) is 6.57. The minimum atomic E-state index is 0.0519. The number of aromatic nitrogens is 1. The Morgan fingerprint density at radius 3 is 2.83 bits per heavy atom. The molecule has 1 unspecified atom stereocenters. The fraction of sp³-hybridized carbons (Fsp3) is 0.400. The highest BCUT2D eigenvalue weighted by molar-refractivity contribution is 5.28. The lowest BCUT2D eigenvalue weighted by atomic mass is 10.0. The van der Waals surface area contributed by atoms with E-state index in [0.717, 1.165) is 30.8 Å². The van der Waals surface area contributed by atoms with Gasteiger partial charge in [-0.15, -0.1) is 0 Å². The third-order valence-corrected chi connectivity index (χ3v) is 3.01. The summed E-state index contributed by atoms with van der Waals surface area (Å²) in [5, 5.41) is 3.51. The molecule has 3 heteroatoms. The lowest BCUT2D eigenvalue weighted by Crippen LogP contribution is -2.24. The van der Waals surface area contributed by atoms with Crippen LogP contribution in [0.1, 0.15) is 43.3 Å². The van der Waals surface area contributed by atoms with Crippen LogP contribution in [0.2, 0.25) is 0 Å². The number of nitrogens with zero attached hydrogens (tertiary/aromatic N) is 1. The van der Waals surface area contributed by atoms with Gasteiger partial charge in [-0.05, 0) is 43.1 Å². The average molecular weight is 244 g/mol. The molecule has 2 aromatic heterocycles. The summed E-state index contributed by atoms with van der Waals surface area (Å²) in [6.07, 6.45) is 5.63. The van der Waals surface area contributed by atoms with Gasteiger partial charge in [-0.25, -0.2) is 0 Å². The van der Waals surface area contributed by atoms with E-state index in [2.05, 4.69) is 30.2 Å². The van der Waals surface area contributed by atoms with E-state index in [9.17, 15) is 0 Å². The van der Waals surface area contributed by atoms with Crippen molar-refractivity contribution in [3.05, 3.63) is 53.7 Å². The van der Waals surface area contributed by atoms with Crippen LogP contribution < -0.4 is 5.32 Å². The van der Waals surface area contributed by atoms with E-state index in [1.54, 1.807) is 6.26 Å². The van der Waals surface area contributed by atoms with E-state index in [1.165, 1.54) is 5.56 Å². The highest BCUT2D eigenvalue weighted by atomic mass is 16.3. The largest absolute Gasteiger partial charge is 0.467 e. The van der Waals surface area contributed by atoms with Crippen LogP contribution in [0, 0.1) is 0 Å². The van der Waals surface area contributed by atoms with Crippen molar-refractivity contribution >= 4 is 0 Å². The molecule has 0 bridgehead atoms. The summed E-state index contributed by atoms with van der Waals surface area (Å²) in [5.74, 6) is 0.928. The molecule has 2 rings (SSSR count). The van der Waals surface area contributed by atoms with E-state index in [4.69, 9.17) is 4.42 Å². The van der Waals surface area contributed by atoms with Crippen molar-refractivity contribution in [3.8, 4) is 0 Å². The van der Waals surface area contributed by atoms with Crippen molar-refractivity contribution in [1.82, 2.24) is 10.3 Å². The molecule has 0 saturated heterocycles. The molecule has 0 aromatic carbocycles. The van der Waals surface area contributed by atoms with Crippen molar-refractivity contribution in [2.75, 3.05) is 6.54 Å². The summed E-state index contributed by atoms with van der Waals surface area (Å²) in [6, 6.07) is 8.09. The van der Waals surface area contributed by atoms with E-state index < -0.39 is 0 Å². The Morgan fingerprint density at radius 2 is 2.17 bits per heavy atom. The fourth-order valence-corrected chi connectivity index (χ4v) is 2.09. The molecule has 0 aliphatic heterocycles. The maximum Gasteiger partial charge on any atom is 0.126 e. The predicted octanol–water partition coefficient (Wildman–Crippen LogP) is 3.33. The molecule has 18 heavy (non-hydrogen) atoms. The van der Waals surface area contributed by atoms with E-state index in [0.29, 0.717) is 0 Å². The summed E-state index contributed by atoms with van der Waals surface area (Å²) in [4.78, 5) is 4.54. The Kier molecular flexibility index (Phi) is 4.53. The van der Waals surface area contributed by atoms with Crippen LogP contribution in [0.3, 0.4) is 0 Å². The summed E-state index contributed by atoms with van der Waals surface area (Å²) >= 11 is 0. The lowest BCUT2D eigenvalue weighted by molar-refractivity contribution is 0.440. The Hall–Kier alpha value is -1.61. The minimum Gasteiger partial charge on any atom is -0.467 e. The third kappa shape index (κ3) is 2.79. The van der Waals surface area contributed by atoms with Gasteiger partial charge in [0.15, 0.2) is 0 Å². The number of nitrogens with one attached hydrogen (secondary N) is 1. The molecule has 1 N–H and O–H groups in total. The second-order valence-corrected chi connectivity index (χ2v) is 4.30. The van der Waals surface area contributed by atoms with Gasteiger partial charge in [0, 0.05) is 6.20 Å². The van der Waals surface area contributed by atoms with Crippen molar-refractivity contribution < 1.29 is 4.42 Å². The zero-order valence-corrected chi connectivity index (χ0v) is 11.0. The Labute approximate surface area is 108 Å². The minimum absolute atomic E-state index is 0.0519. The predicted molar refractivity (Wildman–Crippen MR) is 72.5 cm³/mol. The number of pyridine rings is 1. The van der Waals surface area contributed by atoms with Gasteiger partial charge in [0.1, 0.15) is 11.8 Å². The van der Waals surface area contributed by atoms with Gasteiger partial charge in [-0.1, -0.05) is 19.9 Å². The normalized spacial score (nSPS) is 12.6. The van der Waals surface area contributed by atoms with Crippen molar-refractivity contribution in [1.29, 1.82) is 0 Å². The molecule has 0 aliphatic rings. The molecule has 2 aromatic rings. The van der Waals surface area contributed by atoms with Crippen LogP contribution in [0.5, 0.6) is 0 Å². The maximum absolute atomic E-state index is 5.54. The van der Waals surface area contributed by atoms with Gasteiger partial charge in [0.2, 0.25) is 0 Å². The van der Waals surface area contributed by atoms with Crippen LogP contribution in [-0.2, 0) is 6.42 Å². The molecule has 3 nitrogen and oxygen atoms in total. The van der Waals surface area contributed by atoms with E-state index >= 15 is 0 Å². The topological polar surface area (TPSA) is 38.1 Å². The first-order chi connectivity index (χ1) is 8.86. The zero-order valence-electron chi connectivity index (χ0n) is 11.0. The van der Waals surface area contributed by atoms with Gasteiger partial charge >= 0.3 is 0 Å². The highest BCUT2D eigenvalue weighted by Crippen LogP contribution is 2.24. The van der Waals surface area contributed by atoms with Crippen LogP contribution in [0.4, 0.5) is 0 Å². The first kappa shape index (κ1) is 12.8. The Bertz CT molecular complexity index is 465. The molecule has 0 radical (unpaired) electrons. The first-order valence-corrected chi connectivity index (χ1v) is 6.57. The van der Waals surface area contributed by atoms with Crippen molar-refractivity contribution in [2.24, 2.45) is 0 Å². The van der Waals surface area contributed by atoms with Gasteiger partial charge < -0.3 is 9.73 Å². The molecule has 0 spiro atoms. The number of furan rings is 1. The number of rotatable bonds is 6. The summed E-state index contributed by atoms with van der Waals surface area (Å²) in [5.41, 5.74) is 2.34. The fourth-order valence-electron chi connectivity index (χ4n) is 2.09. The van der Waals surface area contributed by atoms with E-state index in [1.807, 2.05) is 24.4 Å². The van der Waals surface area contributed by atoms with Crippen LogP contribution in [0.25, 0.3) is 0 Å². The summed E-state index contributed by atoms with van der Waals surface area (Å²) in [7, 11) is 0. The molecule has 0 saturated carbocycles. The van der Waals surface area contributed by atoms with Gasteiger partial charge in [0.25, 0.3) is 0 Å². The average Bonchev–Trinajstić information content (AvgIpc) is 2.94. The Balaban J connectivity index is 2.33. The van der Waals surface area contributed by atoms with Crippen LogP contribution in [0.15, 0.2) is 41.1 Å². The highest BCUT2D eigenvalue weighted by Gasteiger charge is 2.19. The molecule has 96 valence electrons. The SMILES string of the molecule is CCCNC(c1ccco1)c1ncccc1CC. The van der Waals surface area contributed by atoms with Crippen LogP contribution in [-0.4, -0.2) is 11.5 Å². The number of hydrogen-bond acceptors (Lipinski definition) is 3. The molecular weight excluding hydrogens is 224 g/mol. The summed E-state index contributed by atoms with van der Waals surface area (Å²) < 4.78 is 5.54. The van der Waals surface area contributed by atoms with Crippen molar-refractivity contribution in [3.63, 3.8) is 0 Å². The molecule has 2 heterocycles. The molecule has 0 amide bonds. The quantitative estimate of drug-likeness (QED) is 0.847. The lowest BCUT2D eigenvalue weighted by Gasteiger charge is -2.18. The van der Waals surface area contributed by atoms with Gasteiger partial charge in [-0.2, -0.15) is 0 Å². The van der Waals surface area contributed by atoms with Crippen LogP contribution >= 0.6 is 0 Å². The molecule has 1 atom stereocenters. The Morgan fingerprint density at radius 1 is 1.28 bits per heavy atom. The van der Waals surface area contributed by atoms with Gasteiger partial charge in [-0.3, -0.25) is 4.98 Å². The molecule has 0 fully saturated rings. The molecule has 0 aliphatic carbocycles. The monoisotopic (exact) mass is 244 g/mol. The van der Waals surface area contributed by atoms with Crippen molar-refractivity contribution in [2.45, 2.75) is 32.7 Å². The standard InChI is InChI=1S/C15H20N2O/c1-3-9-16-15(13-8-6-11-18-13)14-12(4-2)7-5-10-17-14/h5-8,10-11,15-16H,3-4,9H2,1-2H3. The summed E-state index contributed by atoms with van der Waals surface area (Å²) in [6.45, 7) is 5.26. The van der Waals surface area contributed by atoms with E-state index in [-0.39, 0.29) is 6.04 Å². The smallest absolute Gasteiger partial charge is 0.126 e. The number of hydrogen-bond donors (Lipinski definition) is 1. The number of aryl methyl sites for hydroxylation is 1. The zero-order chi connectivity index (χ0) is 12.8. The van der Waals surface area contributed by atoms with Gasteiger partial charge in [0.05, 0.1) is 12.0 Å². The third-order valence-electron chi connectivity index (χ3n) is 3.01. The molecular formula is C15H20N2O. The second kappa shape index (κ2) is 6.36. The second-order valence-electron chi connectivity index (χ2n) is 4.30.